The van der Waals surface area contributed by atoms with E-state index in [9.17, 15) is 9.59 Å². The Bertz CT molecular complexity index is 689. The normalized spacial score (nSPS) is 19.2. The highest BCUT2D eigenvalue weighted by molar-refractivity contribution is 5.91. The van der Waals surface area contributed by atoms with Crippen LogP contribution in [-0.4, -0.2) is 59.9 Å². The molecule has 1 heterocycles. The topological polar surface area (TPSA) is 101 Å². The second kappa shape index (κ2) is 11.2. The van der Waals surface area contributed by atoms with Crippen LogP contribution < -0.4 is 10.1 Å². The van der Waals surface area contributed by atoms with E-state index < -0.39 is 11.6 Å². The van der Waals surface area contributed by atoms with Crippen LogP contribution in [0.3, 0.4) is 0 Å². The van der Waals surface area contributed by atoms with E-state index in [-0.39, 0.29) is 30.7 Å². The molecule has 0 unspecified atom stereocenters. The van der Waals surface area contributed by atoms with Crippen LogP contribution in [-0.2, 0) is 14.2 Å². The lowest BCUT2D eigenvalue weighted by Crippen LogP contribution is -2.41. The van der Waals surface area contributed by atoms with E-state index in [0.717, 1.165) is 25.7 Å². The first-order chi connectivity index (χ1) is 14.2. The van der Waals surface area contributed by atoms with Gasteiger partial charge in [0.05, 0.1) is 19.3 Å². The Morgan fingerprint density at radius 2 is 1.83 bits per heavy atom. The van der Waals surface area contributed by atoms with Crippen LogP contribution in [0, 0.1) is 0 Å². The van der Waals surface area contributed by atoms with Gasteiger partial charge in [0.15, 0.2) is 0 Å². The summed E-state index contributed by atoms with van der Waals surface area (Å²) in [6, 6.07) is 0.192. The molecule has 170 valence electrons. The number of alkyl carbamates (subject to hydrolysis) is 1. The maximum atomic E-state index is 12.3. The molecule has 0 bridgehead atoms. The Morgan fingerprint density at radius 1 is 1.13 bits per heavy atom. The standard InChI is InChI=1S/C21H35N3O6/c1-6-27-12-13-29-18-17(19(25)28-7-2)14-24(23-18)16-10-8-15(9-11-16)22-20(26)30-21(3,4)5/h14-16H,6-13H2,1-5H3,(H,22,26)/t15-,16-. The number of nitrogens with one attached hydrogen (secondary N) is 1. The first kappa shape index (κ1) is 24.0. The smallest absolute Gasteiger partial charge is 0.407 e. The van der Waals surface area contributed by atoms with Crippen LogP contribution >= 0.6 is 0 Å². The summed E-state index contributed by atoms with van der Waals surface area (Å²) in [5.41, 5.74) is -0.194. The van der Waals surface area contributed by atoms with Gasteiger partial charge in [0.1, 0.15) is 17.8 Å². The van der Waals surface area contributed by atoms with Crippen molar-refractivity contribution in [1.82, 2.24) is 15.1 Å². The zero-order chi connectivity index (χ0) is 22.1. The average molecular weight is 426 g/mol. The number of rotatable bonds is 9. The van der Waals surface area contributed by atoms with Crippen molar-refractivity contribution in [3.63, 3.8) is 0 Å². The average Bonchev–Trinajstić information content (AvgIpc) is 3.09. The molecule has 30 heavy (non-hydrogen) atoms. The third kappa shape index (κ3) is 7.51. The molecule has 9 heteroatoms. The lowest BCUT2D eigenvalue weighted by molar-refractivity contribution is 0.0483. The number of carbonyl (C=O) groups excluding carboxylic acids is 2. The summed E-state index contributed by atoms with van der Waals surface area (Å²) < 4.78 is 23.2. The summed E-state index contributed by atoms with van der Waals surface area (Å²) in [6.45, 7) is 10.8. The molecule has 0 radical (unpaired) electrons. The van der Waals surface area contributed by atoms with Crippen LogP contribution in [0.15, 0.2) is 6.20 Å². The number of ether oxygens (including phenoxy) is 4. The van der Waals surface area contributed by atoms with Crippen LogP contribution in [0.25, 0.3) is 0 Å². The molecule has 0 aromatic carbocycles. The molecule has 0 spiro atoms. The van der Waals surface area contributed by atoms with Crippen molar-refractivity contribution in [3.8, 4) is 5.88 Å². The van der Waals surface area contributed by atoms with Gasteiger partial charge >= 0.3 is 12.1 Å². The lowest BCUT2D eigenvalue weighted by atomic mass is 9.91. The fourth-order valence-electron chi connectivity index (χ4n) is 3.32. The monoisotopic (exact) mass is 425 g/mol. The highest BCUT2D eigenvalue weighted by atomic mass is 16.6. The number of carbonyl (C=O) groups is 2. The van der Waals surface area contributed by atoms with E-state index in [1.165, 1.54) is 0 Å². The minimum Gasteiger partial charge on any atom is -0.474 e. The van der Waals surface area contributed by atoms with Gasteiger partial charge in [-0.15, -0.1) is 5.10 Å². The Labute approximate surface area is 178 Å². The van der Waals surface area contributed by atoms with E-state index in [0.29, 0.717) is 25.4 Å². The molecule has 1 aliphatic carbocycles. The fraction of sp³-hybridized carbons (Fsp3) is 0.762. The number of hydrogen-bond donors (Lipinski definition) is 1. The number of esters is 1. The highest BCUT2D eigenvalue weighted by Crippen LogP contribution is 2.30. The summed E-state index contributed by atoms with van der Waals surface area (Å²) in [5, 5.41) is 7.43. The zero-order valence-electron chi connectivity index (χ0n) is 18.7. The van der Waals surface area contributed by atoms with E-state index in [1.807, 2.05) is 27.7 Å². The quantitative estimate of drug-likeness (QED) is 0.477. The Morgan fingerprint density at radius 3 is 2.43 bits per heavy atom. The van der Waals surface area contributed by atoms with Gasteiger partial charge in [0, 0.05) is 18.8 Å². The minimum atomic E-state index is -0.515. The number of hydrogen-bond acceptors (Lipinski definition) is 7. The minimum absolute atomic E-state index is 0.0677. The van der Waals surface area contributed by atoms with Crippen molar-refractivity contribution < 1.29 is 28.5 Å². The van der Waals surface area contributed by atoms with Crippen LogP contribution in [0.1, 0.15) is 76.7 Å². The van der Waals surface area contributed by atoms with Crippen molar-refractivity contribution in [2.24, 2.45) is 0 Å². The molecule has 1 amide bonds. The first-order valence-corrected chi connectivity index (χ1v) is 10.7. The van der Waals surface area contributed by atoms with Gasteiger partial charge in [-0.25, -0.2) is 9.59 Å². The van der Waals surface area contributed by atoms with Gasteiger partial charge in [0.25, 0.3) is 0 Å². The van der Waals surface area contributed by atoms with Crippen LogP contribution in [0.2, 0.25) is 0 Å². The van der Waals surface area contributed by atoms with E-state index >= 15 is 0 Å². The van der Waals surface area contributed by atoms with Gasteiger partial charge in [-0.3, -0.25) is 4.68 Å². The number of aromatic nitrogens is 2. The second-order valence-electron chi connectivity index (χ2n) is 8.25. The summed E-state index contributed by atoms with van der Waals surface area (Å²) in [5.74, 6) is -0.183. The highest BCUT2D eigenvalue weighted by Gasteiger charge is 2.28. The van der Waals surface area contributed by atoms with Crippen molar-refractivity contribution in [3.05, 3.63) is 11.8 Å². The van der Waals surface area contributed by atoms with Crippen molar-refractivity contribution >= 4 is 12.1 Å². The molecule has 1 aliphatic rings. The van der Waals surface area contributed by atoms with E-state index in [2.05, 4.69) is 10.4 Å². The number of nitrogens with zero attached hydrogens (tertiary/aromatic N) is 2. The van der Waals surface area contributed by atoms with Gasteiger partial charge < -0.3 is 24.3 Å². The lowest BCUT2D eigenvalue weighted by Gasteiger charge is -2.30. The summed E-state index contributed by atoms with van der Waals surface area (Å²) in [7, 11) is 0. The molecule has 1 aromatic heterocycles. The predicted molar refractivity (Wildman–Crippen MR) is 111 cm³/mol. The molecule has 2 rings (SSSR count). The Kier molecular flexibility index (Phi) is 8.95. The summed E-state index contributed by atoms with van der Waals surface area (Å²) in [4.78, 5) is 24.3. The predicted octanol–water partition coefficient (Wildman–Crippen LogP) is 3.48. The van der Waals surface area contributed by atoms with Gasteiger partial charge in [-0.05, 0) is 60.3 Å². The molecule has 0 atom stereocenters. The van der Waals surface area contributed by atoms with Gasteiger partial charge in [-0.1, -0.05) is 0 Å². The molecule has 1 fully saturated rings. The summed E-state index contributed by atoms with van der Waals surface area (Å²) in [6.07, 6.45) is 4.56. The molecule has 0 saturated heterocycles. The Hall–Kier alpha value is -2.29. The summed E-state index contributed by atoms with van der Waals surface area (Å²) >= 11 is 0. The molecular weight excluding hydrogens is 390 g/mol. The van der Waals surface area contributed by atoms with E-state index in [4.69, 9.17) is 18.9 Å². The first-order valence-electron chi connectivity index (χ1n) is 10.7. The molecule has 1 saturated carbocycles. The molecule has 0 aliphatic heterocycles. The van der Waals surface area contributed by atoms with Crippen molar-refractivity contribution in [2.75, 3.05) is 26.4 Å². The second-order valence-corrected chi connectivity index (χ2v) is 8.25. The van der Waals surface area contributed by atoms with E-state index in [1.54, 1.807) is 17.8 Å². The third-order valence-corrected chi connectivity index (χ3v) is 4.66. The molecule has 1 N–H and O–H groups in total. The van der Waals surface area contributed by atoms with Gasteiger partial charge in [0.2, 0.25) is 5.88 Å². The van der Waals surface area contributed by atoms with Crippen molar-refractivity contribution in [2.45, 2.75) is 78.0 Å². The zero-order valence-corrected chi connectivity index (χ0v) is 18.7. The maximum Gasteiger partial charge on any atom is 0.407 e. The maximum absolute atomic E-state index is 12.3. The van der Waals surface area contributed by atoms with Gasteiger partial charge in [-0.2, -0.15) is 0 Å². The van der Waals surface area contributed by atoms with Crippen LogP contribution in [0.5, 0.6) is 5.88 Å². The Balaban J connectivity index is 1.96. The molecular formula is C21H35N3O6. The van der Waals surface area contributed by atoms with Crippen molar-refractivity contribution in [1.29, 1.82) is 0 Å². The number of amides is 1. The molecule has 1 aromatic rings. The fourth-order valence-corrected chi connectivity index (χ4v) is 3.32. The largest absolute Gasteiger partial charge is 0.474 e. The SMILES string of the molecule is CCOCCOc1nn([C@H]2CC[C@H](NC(=O)OC(C)(C)C)CC2)cc1C(=O)OCC. The molecule has 9 nitrogen and oxygen atoms in total. The van der Waals surface area contributed by atoms with Crippen LogP contribution in [0.4, 0.5) is 4.79 Å². The third-order valence-electron chi connectivity index (χ3n) is 4.66.